The molecule has 1 aliphatic rings. The van der Waals surface area contributed by atoms with Crippen LogP contribution >= 0.6 is 0 Å². The first-order valence-electron chi connectivity index (χ1n) is 11.5. The standard InChI is InChI=1S/C14H17F3O.C12H16N2O2/c15-14(16,17)13-8-10(9-18)6-7-12(13)11-4-2-1-3-5-11;1-9(13)11-4-2-10(3-5-11)8-14-7-6-12(15)16/h6-8,11,18H,1-5,9H2;2-5,13-14H,6-8H2,1H3,(H,15,16). The van der Waals surface area contributed by atoms with Crippen LogP contribution in [0.1, 0.15) is 79.2 Å². The zero-order valence-corrected chi connectivity index (χ0v) is 19.4. The number of carboxylic acid groups (broad SMARTS) is 1. The van der Waals surface area contributed by atoms with Gasteiger partial charge in [-0.25, -0.2) is 0 Å². The molecular weight excluding hydrogens is 445 g/mol. The Hall–Kier alpha value is -2.71. The molecule has 0 bridgehead atoms. The first-order valence-corrected chi connectivity index (χ1v) is 11.5. The van der Waals surface area contributed by atoms with Gasteiger partial charge in [-0.15, -0.1) is 0 Å². The summed E-state index contributed by atoms with van der Waals surface area (Å²) in [7, 11) is 0. The van der Waals surface area contributed by atoms with Crippen LogP contribution in [0.4, 0.5) is 13.2 Å². The summed E-state index contributed by atoms with van der Waals surface area (Å²) < 4.78 is 39.1. The molecule has 0 spiro atoms. The topological polar surface area (TPSA) is 93.4 Å². The van der Waals surface area contributed by atoms with Gasteiger partial charge < -0.3 is 20.9 Å². The molecule has 0 heterocycles. The van der Waals surface area contributed by atoms with Crippen molar-refractivity contribution in [2.24, 2.45) is 0 Å². The monoisotopic (exact) mass is 478 g/mol. The van der Waals surface area contributed by atoms with Gasteiger partial charge in [-0.05, 0) is 54.0 Å². The second-order valence-electron chi connectivity index (χ2n) is 8.55. The fraction of sp³-hybridized carbons (Fsp3) is 0.462. The van der Waals surface area contributed by atoms with Crippen LogP contribution in [0.2, 0.25) is 0 Å². The van der Waals surface area contributed by atoms with Gasteiger partial charge in [0.25, 0.3) is 0 Å². The van der Waals surface area contributed by atoms with E-state index in [1.807, 2.05) is 24.3 Å². The molecule has 5 nitrogen and oxygen atoms in total. The highest BCUT2D eigenvalue weighted by molar-refractivity contribution is 5.96. The van der Waals surface area contributed by atoms with E-state index < -0.39 is 17.7 Å². The first kappa shape index (κ1) is 27.5. The number of halogens is 3. The maximum Gasteiger partial charge on any atom is 0.416 e. The number of carbonyl (C=O) groups is 1. The molecule has 1 saturated carbocycles. The average Bonchev–Trinajstić information content (AvgIpc) is 2.82. The molecule has 2 aromatic rings. The summed E-state index contributed by atoms with van der Waals surface area (Å²) in [6.07, 6.45) is 0.596. The van der Waals surface area contributed by atoms with Crippen molar-refractivity contribution < 1.29 is 28.2 Å². The number of hydrogen-bond donors (Lipinski definition) is 4. The molecule has 3 rings (SSSR count). The molecule has 4 N–H and O–H groups in total. The molecular formula is C26H33F3N2O3. The lowest BCUT2D eigenvalue weighted by Gasteiger charge is -2.25. The minimum Gasteiger partial charge on any atom is -0.481 e. The van der Waals surface area contributed by atoms with Crippen LogP contribution in [-0.2, 0) is 24.1 Å². The predicted molar refractivity (Wildman–Crippen MR) is 126 cm³/mol. The Morgan fingerprint density at radius 1 is 1.06 bits per heavy atom. The Kier molecular flexibility index (Phi) is 10.7. The van der Waals surface area contributed by atoms with Crippen LogP contribution in [0.3, 0.4) is 0 Å². The molecule has 2 aromatic carbocycles. The molecule has 1 fully saturated rings. The van der Waals surface area contributed by atoms with E-state index in [0.29, 0.717) is 29.9 Å². The van der Waals surface area contributed by atoms with Crippen LogP contribution in [-0.4, -0.2) is 28.4 Å². The van der Waals surface area contributed by atoms with Gasteiger partial charge in [0.15, 0.2) is 0 Å². The van der Waals surface area contributed by atoms with Gasteiger partial charge in [0.1, 0.15) is 0 Å². The lowest BCUT2D eigenvalue weighted by Crippen LogP contribution is -2.17. The van der Waals surface area contributed by atoms with E-state index in [1.165, 1.54) is 0 Å². The number of benzene rings is 2. The van der Waals surface area contributed by atoms with E-state index in [2.05, 4.69) is 5.32 Å². The average molecular weight is 479 g/mol. The largest absolute Gasteiger partial charge is 0.481 e. The third-order valence-corrected chi connectivity index (χ3v) is 5.88. The molecule has 0 unspecified atom stereocenters. The maximum atomic E-state index is 13.0. The van der Waals surface area contributed by atoms with E-state index >= 15 is 0 Å². The molecule has 0 atom stereocenters. The molecule has 0 saturated heterocycles. The highest BCUT2D eigenvalue weighted by Crippen LogP contribution is 2.41. The highest BCUT2D eigenvalue weighted by atomic mass is 19.4. The Morgan fingerprint density at radius 3 is 2.21 bits per heavy atom. The van der Waals surface area contributed by atoms with E-state index in [0.717, 1.165) is 49.3 Å². The van der Waals surface area contributed by atoms with Gasteiger partial charge in [0.2, 0.25) is 0 Å². The Labute approximate surface area is 198 Å². The van der Waals surface area contributed by atoms with Crippen molar-refractivity contribution in [3.63, 3.8) is 0 Å². The van der Waals surface area contributed by atoms with Gasteiger partial charge in [-0.1, -0.05) is 55.7 Å². The zero-order valence-electron chi connectivity index (χ0n) is 19.4. The van der Waals surface area contributed by atoms with Crippen molar-refractivity contribution in [1.29, 1.82) is 5.41 Å². The number of hydrogen-bond acceptors (Lipinski definition) is 4. The summed E-state index contributed by atoms with van der Waals surface area (Å²) in [6.45, 7) is 2.53. The summed E-state index contributed by atoms with van der Waals surface area (Å²) >= 11 is 0. The number of carboxylic acids is 1. The molecule has 34 heavy (non-hydrogen) atoms. The molecule has 186 valence electrons. The number of aliphatic hydroxyl groups is 1. The number of nitrogens with one attached hydrogen (secondary N) is 2. The Balaban J connectivity index is 0.000000242. The molecule has 1 aliphatic carbocycles. The van der Waals surface area contributed by atoms with E-state index in [9.17, 15) is 18.0 Å². The molecule has 0 amide bonds. The predicted octanol–water partition coefficient (Wildman–Crippen LogP) is 5.88. The molecule has 8 heteroatoms. The second-order valence-corrected chi connectivity index (χ2v) is 8.55. The van der Waals surface area contributed by atoms with Gasteiger partial charge in [0.05, 0.1) is 18.6 Å². The van der Waals surface area contributed by atoms with Gasteiger partial charge in [-0.2, -0.15) is 13.2 Å². The van der Waals surface area contributed by atoms with Gasteiger partial charge in [0, 0.05) is 18.8 Å². The first-order chi connectivity index (χ1) is 16.1. The lowest BCUT2D eigenvalue weighted by atomic mass is 9.81. The van der Waals surface area contributed by atoms with Crippen LogP contribution in [0.25, 0.3) is 0 Å². The SMILES string of the molecule is CC(=N)c1ccc(CNCCC(=O)O)cc1.OCc1ccc(C2CCCCC2)c(C(F)(F)F)c1. The van der Waals surface area contributed by atoms with Gasteiger partial charge >= 0.3 is 12.1 Å². The summed E-state index contributed by atoms with van der Waals surface area (Å²) in [6, 6.07) is 11.9. The minimum absolute atomic E-state index is 0.0168. The Morgan fingerprint density at radius 2 is 1.68 bits per heavy atom. The number of aliphatic hydroxyl groups excluding tert-OH is 1. The normalized spacial score (nSPS) is 14.3. The van der Waals surface area contributed by atoms with E-state index in [-0.39, 0.29) is 18.9 Å². The lowest BCUT2D eigenvalue weighted by molar-refractivity contribution is -0.139. The van der Waals surface area contributed by atoms with Crippen molar-refractivity contribution in [2.45, 2.75) is 70.7 Å². The third kappa shape index (κ3) is 8.91. The van der Waals surface area contributed by atoms with Crippen molar-refractivity contribution in [1.82, 2.24) is 5.32 Å². The number of rotatable bonds is 8. The van der Waals surface area contributed by atoms with Crippen LogP contribution in [0.15, 0.2) is 42.5 Å². The molecule has 0 radical (unpaired) electrons. The maximum absolute atomic E-state index is 13.0. The number of alkyl halides is 3. The van der Waals surface area contributed by atoms with Gasteiger partial charge in [-0.3, -0.25) is 4.79 Å². The quantitative estimate of drug-likeness (QED) is 0.281. The Bertz CT molecular complexity index is 937. The van der Waals surface area contributed by atoms with Crippen molar-refractivity contribution in [3.05, 3.63) is 70.3 Å². The zero-order chi connectivity index (χ0) is 25.1. The van der Waals surface area contributed by atoms with Crippen LogP contribution < -0.4 is 5.32 Å². The third-order valence-electron chi connectivity index (χ3n) is 5.88. The summed E-state index contributed by atoms with van der Waals surface area (Å²) in [4.78, 5) is 10.3. The summed E-state index contributed by atoms with van der Waals surface area (Å²) in [5, 5.41) is 27.9. The molecule has 0 aliphatic heterocycles. The van der Waals surface area contributed by atoms with Crippen molar-refractivity contribution in [3.8, 4) is 0 Å². The smallest absolute Gasteiger partial charge is 0.416 e. The van der Waals surface area contributed by atoms with Crippen molar-refractivity contribution in [2.75, 3.05) is 6.54 Å². The second kappa shape index (κ2) is 13.2. The summed E-state index contributed by atoms with van der Waals surface area (Å²) in [5.74, 6) is -0.773. The van der Waals surface area contributed by atoms with Crippen LogP contribution in [0, 0.1) is 5.41 Å². The molecule has 0 aromatic heterocycles. The summed E-state index contributed by atoms with van der Waals surface area (Å²) in [5.41, 5.74) is 2.71. The number of aliphatic carboxylic acids is 1. The van der Waals surface area contributed by atoms with Crippen molar-refractivity contribution >= 4 is 11.7 Å². The van der Waals surface area contributed by atoms with E-state index in [1.54, 1.807) is 19.1 Å². The van der Waals surface area contributed by atoms with Crippen LogP contribution in [0.5, 0.6) is 0 Å². The van der Waals surface area contributed by atoms with E-state index in [4.69, 9.17) is 15.6 Å². The fourth-order valence-electron chi connectivity index (χ4n) is 4.02. The highest BCUT2D eigenvalue weighted by Gasteiger charge is 2.35. The minimum atomic E-state index is -4.34. The fourth-order valence-corrected chi connectivity index (χ4v) is 4.02.